The Balaban J connectivity index is 1.58. The molecule has 5 aromatic rings. The van der Waals surface area contributed by atoms with Crippen molar-refractivity contribution in [3.8, 4) is 33.0 Å². The number of fused-ring (bicyclic) bond motifs is 2. The first-order chi connectivity index (χ1) is 20.4. The third kappa shape index (κ3) is 5.28. The molecule has 1 aliphatic rings. The van der Waals surface area contributed by atoms with Gasteiger partial charge in [-0.25, -0.2) is 13.4 Å². The molecule has 0 spiro atoms. The summed E-state index contributed by atoms with van der Waals surface area (Å²) in [6.07, 6.45) is 5.66. The number of ether oxygens (including phenoxy) is 1. The van der Waals surface area contributed by atoms with Gasteiger partial charge in [0.15, 0.2) is 5.78 Å². The first kappa shape index (κ1) is 29.2. The van der Waals surface area contributed by atoms with Gasteiger partial charge in [-0.05, 0) is 32.9 Å². The molecule has 0 unspecified atom stereocenters. The van der Waals surface area contributed by atoms with Crippen molar-refractivity contribution in [2.75, 3.05) is 24.2 Å². The number of hydrogen-bond donors (Lipinski definition) is 0. The number of pyridine rings is 1. The van der Waals surface area contributed by atoms with Crippen molar-refractivity contribution >= 4 is 43.8 Å². The number of hydrogen-bond acceptors (Lipinski definition) is 8. The molecule has 0 bridgehead atoms. The quantitative estimate of drug-likeness (QED) is 0.176. The molecule has 3 aromatic heterocycles. The highest BCUT2D eigenvalue weighted by Gasteiger charge is 2.32. The van der Waals surface area contributed by atoms with Gasteiger partial charge in [0.05, 0.1) is 40.3 Å². The molecule has 43 heavy (non-hydrogen) atoms. The molecule has 0 amide bonds. The minimum Gasteiger partial charge on any atom is -0.455 e. The van der Waals surface area contributed by atoms with E-state index in [2.05, 4.69) is 18.8 Å². The van der Waals surface area contributed by atoms with E-state index in [1.165, 1.54) is 11.4 Å². The lowest BCUT2D eigenvalue weighted by Crippen LogP contribution is -2.27. The molecule has 0 saturated carbocycles. The number of thiazole rings is 1. The second kappa shape index (κ2) is 10.7. The van der Waals surface area contributed by atoms with E-state index in [4.69, 9.17) is 14.1 Å². The average molecular weight is 616 g/mol. The van der Waals surface area contributed by atoms with Gasteiger partial charge in [0.1, 0.15) is 16.4 Å². The van der Waals surface area contributed by atoms with Crippen LogP contribution in [0.4, 0.5) is 5.69 Å². The van der Waals surface area contributed by atoms with Gasteiger partial charge >= 0.3 is 0 Å². The molecule has 2 aromatic carbocycles. The van der Waals surface area contributed by atoms with Crippen molar-refractivity contribution in [2.45, 2.75) is 46.1 Å². The summed E-state index contributed by atoms with van der Waals surface area (Å²) in [5, 5.41) is 1.45. The maximum absolute atomic E-state index is 13.4. The van der Waals surface area contributed by atoms with Crippen LogP contribution in [0.25, 0.3) is 44.0 Å². The molecule has 0 N–H and O–H groups in total. The second-order valence-corrected chi connectivity index (χ2v) is 14.4. The van der Waals surface area contributed by atoms with Crippen LogP contribution in [0.15, 0.2) is 59.3 Å². The topological polar surface area (TPSA) is 103 Å². The molecule has 6 rings (SSSR count). The van der Waals surface area contributed by atoms with Crippen molar-refractivity contribution in [2.24, 2.45) is 0 Å². The molecule has 0 aliphatic carbocycles. The number of ketones is 1. The van der Waals surface area contributed by atoms with E-state index < -0.39 is 15.6 Å². The highest BCUT2D eigenvalue weighted by atomic mass is 32.2. The number of benzene rings is 2. The van der Waals surface area contributed by atoms with Crippen molar-refractivity contribution in [1.29, 1.82) is 0 Å². The summed E-state index contributed by atoms with van der Waals surface area (Å²) in [5.74, 6) is 0.409. The molecule has 0 atom stereocenters. The molecule has 222 valence electrons. The van der Waals surface area contributed by atoms with Crippen LogP contribution >= 0.6 is 11.3 Å². The van der Waals surface area contributed by atoms with E-state index in [9.17, 15) is 13.2 Å². The number of aryl methyl sites for hydroxylation is 1. The third-order valence-electron chi connectivity index (χ3n) is 7.90. The van der Waals surface area contributed by atoms with E-state index in [0.717, 1.165) is 44.9 Å². The second-order valence-electron chi connectivity index (χ2n) is 11.4. The van der Waals surface area contributed by atoms with Gasteiger partial charge in [-0.2, -0.15) is 0 Å². The molecule has 10 heteroatoms. The summed E-state index contributed by atoms with van der Waals surface area (Å²) in [6, 6.07) is 13.3. The van der Waals surface area contributed by atoms with E-state index >= 15 is 0 Å². The van der Waals surface area contributed by atoms with Crippen LogP contribution in [0.3, 0.4) is 0 Å². The zero-order chi connectivity index (χ0) is 30.7. The number of anilines is 1. The molecule has 0 radical (unpaired) electrons. The predicted octanol–water partition coefficient (Wildman–Crippen LogP) is 7.39. The largest absolute Gasteiger partial charge is 0.455 e. The molecule has 8 nitrogen and oxygen atoms in total. The number of furan rings is 1. The van der Waals surface area contributed by atoms with Crippen LogP contribution in [0.5, 0.6) is 0 Å². The van der Waals surface area contributed by atoms with Gasteiger partial charge in [-0.3, -0.25) is 14.1 Å². The van der Waals surface area contributed by atoms with Crippen LogP contribution in [0.2, 0.25) is 0 Å². The predicted molar refractivity (Wildman–Crippen MR) is 171 cm³/mol. The smallest absolute Gasteiger partial charge is 0.232 e. The first-order valence-corrected chi connectivity index (χ1v) is 16.8. The van der Waals surface area contributed by atoms with E-state index in [1.54, 1.807) is 29.8 Å². The van der Waals surface area contributed by atoms with Gasteiger partial charge in [-0.1, -0.05) is 36.8 Å². The minimum atomic E-state index is -3.63. The Kier molecular flexibility index (Phi) is 7.27. The van der Waals surface area contributed by atoms with Crippen molar-refractivity contribution in [3.63, 3.8) is 0 Å². The number of aromatic nitrogens is 2. The summed E-state index contributed by atoms with van der Waals surface area (Å²) in [6.45, 7) is 8.54. The SMILES string of the molecule is CCC(=O)c1c(-c2ccc(C)cc2)oc2cc(N(C)S(C)(=O)=O)c(-c3cncc(-c4nc5c(s4)C(C)(C)OCC5)c3)cc12. The lowest BCUT2D eigenvalue weighted by molar-refractivity contribution is -0.0290. The lowest BCUT2D eigenvalue weighted by Gasteiger charge is -2.28. The Bertz CT molecular complexity index is 1990. The maximum atomic E-state index is 13.4. The van der Waals surface area contributed by atoms with Crippen LogP contribution in [-0.2, 0) is 26.8 Å². The van der Waals surface area contributed by atoms with Gasteiger partial charge in [0, 0.05) is 66.0 Å². The zero-order valence-corrected chi connectivity index (χ0v) is 26.6. The normalized spacial score (nSPS) is 14.6. The first-order valence-electron chi connectivity index (χ1n) is 14.1. The Labute approximate surface area is 255 Å². The van der Waals surface area contributed by atoms with Gasteiger partial charge in [0.2, 0.25) is 10.0 Å². The average Bonchev–Trinajstić information content (AvgIpc) is 3.58. The van der Waals surface area contributed by atoms with Crippen LogP contribution in [0, 0.1) is 6.92 Å². The third-order valence-corrected chi connectivity index (χ3v) is 10.5. The van der Waals surface area contributed by atoms with Gasteiger partial charge < -0.3 is 9.15 Å². The Morgan fingerprint density at radius 2 is 1.79 bits per heavy atom. The number of carbonyl (C=O) groups excluding carboxylic acids is 1. The zero-order valence-electron chi connectivity index (χ0n) is 25.0. The standard InChI is InChI=1S/C33H33N3O5S2/c1-7-27(37)29-24-15-23(21-14-22(18-34-17-21)32-35-25-12-13-40-33(3,4)31(25)42-32)26(36(5)43(6,38)39)16-28(24)41-30(29)20-10-8-19(2)9-11-20/h8-11,14-18H,7,12-13H2,1-6H3. The number of carbonyl (C=O) groups is 1. The monoisotopic (exact) mass is 615 g/mol. The number of sulfonamides is 1. The van der Waals surface area contributed by atoms with Crippen LogP contribution < -0.4 is 4.31 Å². The number of rotatable bonds is 7. The highest BCUT2D eigenvalue weighted by molar-refractivity contribution is 7.92. The molecule has 1 aliphatic heterocycles. The minimum absolute atomic E-state index is 0.0606. The summed E-state index contributed by atoms with van der Waals surface area (Å²) >= 11 is 1.59. The van der Waals surface area contributed by atoms with Crippen molar-refractivity contribution < 1.29 is 22.4 Å². The number of Topliss-reactive ketones (excluding diaryl/α,β-unsaturated/α-hetero) is 1. The van der Waals surface area contributed by atoms with Gasteiger partial charge in [0.25, 0.3) is 0 Å². The molecule has 0 saturated heterocycles. The van der Waals surface area contributed by atoms with E-state index in [1.807, 2.05) is 50.2 Å². The Hall–Kier alpha value is -3.86. The maximum Gasteiger partial charge on any atom is 0.232 e. The summed E-state index contributed by atoms with van der Waals surface area (Å²) in [7, 11) is -2.12. The van der Waals surface area contributed by atoms with Gasteiger partial charge in [-0.15, -0.1) is 11.3 Å². The Morgan fingerprint density at radius 1 is 1.07 bits per heavy atom. The fourth-order valence-corrected chi connectivity index (χ4v) is 7.11. The fraction of sp³-hybridized carbons (Fsp3) is 0.303. The lowest BCUT2D eigenvalue weighted by atomic mass is 9.96. The Morgan fingerprint density at radius 3 is 2.47 bits per heavy atom. The molecule has 0 fully saturated rings. The summed E-state index contributed by atoms with van der Waals surface area (Å²) in [5.41, 5.74) is 5.95. The van der Waals surface area contributed by atoms with Crippen molar-refractivity contribution in [1.82, 2.24) is 9.97 Å². The molecule has 4 heterocycles. The summed E-state index contributed by atoms with van der Waals surface area (Å²) in [4.78, 5) is 23.9. The highest BCUT2D eigenvalue weighted by Crippen LogP contribution is 2.44. The van der Waals surface area contributed by atoms with Crippen molar-refractivity contribution in [3.05, 3.63) is 76.6 Å². The van der Waals surface area contributed by atoms with E-state index in [-0.39, 0.29) is 5.78 Å². The van der Waals surface area contributed by atoms with Crippen LogP contribution in [-0.4, -0.2) is 44.1 Å². The summed E-state index contributed by atoms with van der Waals surface area (Å²) < 4.78 is 39.1. The fourth-order valence-electron chi connectivity index (χ4n) is 5.45. The molecular weight excluding hydrogens is 583 g/mol. The molecular formula is C33H33N3O5S2. The number of nitrogens with zero attached hydrogens (tertiary/aromatic N) is 3. The van der Waals surface area contributed by atoms with E-state index in [0.29, 0.717) is 52.1 Å². The van der Waals surface area contributed by atoms with Crippen LogP contribution in [0.1, 0.15) is 53.7 Å².